The first-order valence-corrected chi connectivity index (χ1v) is 10.7. The zero-order valence-electron chi connectivity index (χ0n) is 16.2. The van der Waals surface area contributed by atoms with Crippen LogP contribution in [0.2, 0.25) is 0 Å². The summed E-state index contributed by atoms with van der Waals surface area (Å²) >= 11 is 0. The number of rotatable bonds is 5. The molecular formula is C20H23N3O5S. The number of sulfonamides is 1. The number of nitrogens with one attached hydrogen (secondary N) is 2. The van der Waals surface area contributed by atoms with E-state index in [1.165, 1.54) is 29.8 Å². The van der Waals surface area contributed by atoms with E-state index in [9.17, 15) is 18.0 Å². The third kappa shape index (κ3) is 4.68. The van der Waals surface area contributed by atoms with Crippen molar-refractivity contribution >= 4 is 33.4 Å². The molecule has 8 nitrogen and oxygen atoms in total. The van der Waals surface area contributed by atoms with Crippen LogP contribution in [-0.4, -0.2) is 40.1 Å². The van der Waals surface area contributed by atoms with E-state index < -0.39 is 16.1 Å². The SMILES string of the molecule is COC(=O)NS(=O)(=O)c1ccc(NC(=O)[C@@H](C)N2CCCc3ccccc32)cc1. The molecule has 0 saturated carbocycles. The molecular weight excluding hydrogens is 394 g/mol. The van der Waals surface area contributed by atoms with Gasteiger partial charge in [-0.25, -0.2) is 17.9 Å². The minimum absolute atomic E-state index is 0.112. The molecule has 0 aromatic heterocycles. The average molecular weight is 417 g/mol. The molecule has 0 aliphatic carbocycles. The molecule has 2 aromatic carbocycles. The fraction of sp³-hybridized carbons (Fsp3) is 0.300. The molecule has 0 bridgehead atoms. The Balaban J connectivity index is 1.69. The molecule has 9 heteroatoms. The molecule has 0 saturated heterocycles. The van der Waals surface area contributed by atoms with Gasteiger partial charge in [-0.15, -0.1) is 0 Å². The van der Waals surface area contributed by atoms with E-state index in [0.29, 0.717) is 5.69 Å². The fourth-order valence-electron chi connectivity index (χ4n) is 3.28. The van der Waals surface area contributed by atoms with Crippen molar-refractivity contribution in [3.63, 3.8) is 0 Å². The van der Waals surface area contributed by atoms with Crippen LogP contribution in [0.1, 0.15) is 18.9 Å². The fourth-order valence-corrected chi connectivity index (χ4v) is 4.20. The van der Waals surface area contributed by atoms with Crippen LogP contribution in [0.25, 0.3) is 0 Å². The summed E-state index contributed by atoms with van der Waals surface area (Å²) in [6.45, 7) is 2.64. The summed E-state index contributed by atoms with van der Waals surface area (Å²) in [6, 6.07) is 13.2. The molecule has 0 fully saturated rings. The standard InChI is InChI=1S/C20H23N3O5S/c1-14(23-13-5-7-15-6-3-4-8-18(15)23)19(24)21-16-9-11-17(12-10-16)29(26,27)22-20(25)28-2/h3-4,6,8-12,14H,5,7,13H2,1-2H3,(H,21,24)(H,22,25)/t14-/m1/s1. The van der Waals surface area contributed by atoms with E-state index in [1.807, 2.05) is 25.1 Å². The van der Waals surface area contributed by atoms with E-state index in [1.54, 1.807) is 4.72 Å². The number of methoxy groups -OCH3 is 1. The van der Waals surface area contributed by atoms with Gasteiger partial charge in [0.05, 0.1) is 12.0 Å². The van der Waals surface area contributed by atoms with Gasteiger partial charge in [0.2, 0.25) is 5.91 Å². The first kappa shape index (κ1) is 20.7. The van der Waals surface area contributed by atoms with Crippen LogP contribution in [0.5, 0.6) is 0 Å². The highest BCUT2D eigenvalue weighted by molar-refractivity contribution is 7.90. The van der Waals surface area contributed by atoms with Gasteiger partial charge in [-0.1, -0.05) is 18.2 Å². The van der Waals surface area contributed by atoms with Crippen molar-refractivity contribution in [3.05, 3.63) is 54.1 Å². The highest BCUT2D eigenvalue weighted by Crippen LogP contribution is 2.28. The Hall–Kier alpha value is -3.07. The number of anilines is 2. The molecule has 1 atom stereocenters. The lowest BCUT2D eigenvalue weighted by molar-refractivity contribution is -0.117. The van der Waals surface area contributed by atoms with Gasteiger partial charge in [0.15, 0.2) is 0 Å². The Labute approximate surface area is 169 Å². The summed E-state index contributed by atoms with van der Waals surface area (Å²) in [5, 5.41) is 2.81. The second-order valence-electron chi connectivity index (χ2n) is 6.71. The summed E-state index contributed by atoms with van der Waals surface area (Å²) in [5.41, 5.74) is 2.76. The van der Waals surface area contributed by atoms with Crippen molar-refractivity contribution in [3.8, 4) is 0 Å². The van der Waals surface area contributed by atoms with Crippen LogP contribution < -0.4 is 14.9 Å². The van der Waals surface area contributed by atoms with Gasteiger partial charge in [-0.3, -0.25) is 4.79 Å². The van der Waals surface area contributed by atoms with Gasteiger partial charge >= 0.3 is 6.09 Å². The van der Waals surface area contributed by atoms with Gasteiger partial charge < -0.3 is 15.0 Å². The summed E-state index contributed by atoms with van der Waals surface area (Å²) < 4.78 is 30.2. The van der Waals surface area contributed by atoms with Gasteiger partial charge in [0.1, 0.15) is 6.04 Å². The van der Waals surface area contributed by atoms with E-state index in [-0.39, 0.29) is 16.8 Å². The molecule has 2 aromatic rings. The van der Waals surface area contributed by atoms with Crippen molar-refractivity contribution < 1.29 is 22.7 Å². The number of ether oxygens (including phenoxy) is 1. The Morgan fingerprint density at radius 2 is 1.79 bits per heavy atom. The van der Waals surface area contributed by atoms with Crippen molar-refractivity contribution in [2.24, 2.45) is 0 Å². The highest BCUT2D eigenvalue weighted by atomic mass is 32.2. The third-order valence-electron chi connectivity index (χ3n) is 4.83. The number of nitrogens with zero attached hydrogens (tertiary/aromatic N) is 1. The molecule has 29 heavy (non-hydrogen) atoms. The van der Waals surface area contributed by atoms with Crippen molar-refractivity contribution in [1.29, 1.82) is 0 Å². The molecule has 0 spiro atoms. The number of carbonyl (C=O) groups excluding carboxylic acids is 2. The van der Waals surface area contributed by atoms with E-state index >= 15 is 0 Å². The van der Waals surface area contributed by atoms with Gasteiger partial charge in [-0.2, -0.15) is 0 Å². The Morgan fingerprint density at radius 1 is 1.10 bits per heavy atom. The van der Waals surface area contributed by atoms with Crippen molar-refractivity contribution in [1.82, 2.24) is 4.72 Å². The molecule has 0 radical (unpaired) electrons. The number of hydrogen-bond acceptors (Lipinski definition) is 6. The lowest BCUT2D eigenvalue weighted by atomic mass is 10.00. The number of amides is 2. The van der Waals surface area contributed by atoms with E-state index in [2.05, 4.69) is 21.0 Å². The number of fused-ring (bicyclic) bond motifs is 1. The zero-order valence-corrected chi connectivity index (χ0v) is 17.0. The average Bonchev–Trinajstić information content (AvgIpc) is 2.72. The molecule has 1 heterocycles. The Morgan fingerprint density at radius 3 is 2.48 bits per heavy atom. The molecule has 154 valence electrons. The van der Waals surface area contributed by atoms with Crippen LogP contribution in [0.4, 0.5) is 16.2 Å². The lowest BCUT2D eigenvalue weighted by Gasteiger charge is -2.35. The maximum absolute atomic E-state index is 12.7. The molecule has 0 unspecified atom stereocenters. The van der Waals surface area contributed by atoms with Crippen LogP contribution in [-0.2, 0) is 26.0 Å². The normalized spacial score (nSPS) is 14.5. The smallest absolute Gasteiger partial charge is 0.420 e. The quantitative estimate of drug-likeness (QED) is 0.775. The van der Waals surface area contributed by atoms with Crippen LogP contribution in [0.3, 0.4) is 0 Å². The zero-order chi connectivity index (χ0) is 21.0. The topological polar surface area (TPSA) is 105 Å². The predicted molar refractivity (Wildman–Crippen MR) is 109 cm³/mol. The second kappa shape index (κ2) is 8.52. The second-order valence-corrected chi connectivity index (χ2v) is 8.39. The van der Waals surface area contributed by atoms with E-state index in [0.717, 1.165) is 32.2 Å². The van der Waals surface area contributed by atoms with Crippen LogP contribution in [0.15, 0.2) is 53.4 Å². The number of benzene rings is 2. The van der Waals surface area contributed by atoms with Crippen molar-refractivity contribution in [2.75, 3.05) is 23.9 Å². The van der Waals surface area contributed by atoms with Crippen molar-refractivity contribution in [2.45, 2.75) is 30.7 Å². The van der Waals surface area contributed by atoms with Gasteiger partial charge in [-0.05, 0) is 55.7 Å². The number of carbonyl (C=O) groups is 2. The Bertz CT molecular complexity index is 1010. The maximum Gasteiger partial charge on any atom is 0.420 e. The summed E-state index contributed by atoms with van der Waals surface area (Å²) in [7, 11) is -2.95. The summed E-state index contributed by atoms with van der Waals surface area (Å²) in [6.07, 6.45) is 0.906. The largest absolute Gasteiger partial charge is 0.452 e. The van der Waals surface area contributed by atoms with Gasteiger partial charge in [0.25, 0.3) is 10.0 Å². The first-order valence-electron chi connectivity index (χ1n) is 9.18. The molecule has 2 amide bonds. The summed E-state index contributed by atoms with van der Waals surface area (Å²) in [5.74, 6) is -0.190. The number of hydrogen-bond donors (Lipinski definition) is 2. The van der Waals surface area contributed by atoms with Crippen LogP contribution in [0, 0.1) is 0 Å². The number of para-hydroxylation sites is 1. The Kier molecular flexibility index (Phi) is 6.07. The minimum atomic E-state index is -4.03. The molecule has 3 rings (SSSR count). The summed E-state index contributed by atoms with van der Waals surface area (Å²) in [4.78, 5) is 25.9. The molecule has 1 aliphatic heterocycles. The molecule has 1 aliphatic rings. The van der Waals surface area contributed by atoms with Crippen LogP contribution >= 0.6 is 0 Å². The highest BCUT2D eigenvalue weighted by Gasteiger charge is 2.26. The lowest BCUT2D eigenvalue weighted by Crippen LogP contribution is -2.44. The first-order chi connectivity index (χ1) is 13.8. The minimum Gasteiger partial charge on any atom is -0.452 e. The maximum atomic E-state index is 12.7. The van der Waals surface area contributed by atoms with Gasteiger partial charge in [0, 0.05) is 17.9 Å². The predicted octanol–water partition coefficient (Wildman–Crippen LogP) is 2.51. The third-order valence-corrected chi connectivity index (χ3v) is 6.16. The van der Waals surface area contributed by atoms with E-state index in [4.69, 9.17) is 0 Å². The number of aryl methyl sites for hydroxylation is 1. The monoisotopic (exact) mass is 417 g/mol. The molecule has 2 N–H and O–H groups in total.